The number of benzene rings is 7. The molecule has 2 N–H and O–H groups in total. The van der Waals surface area contributed by atoms with Crippen molar-refractivity contribution < 1.29 is 0 Å². The van der Waals surface area contributed by atoms with E-state index in [1.165, 1.54) is 44.2 Å². The van der Waals surface area contributed by atoms with Crippen LogP contribution in [0.1, 0.15) is 24.0 Å². The summed E-state index contributed by atoms with van der Waals surface area (Å²) in [5.41, 5.74) is 11.5. The Morgan fingerprint density at radius 1 is 0.521 bits per heavy atom. The van der Waals surface area contributed by atoms with Gasteiger partial charge in [0.1, 0.15) is 0 Å². The third-order valence-corrected chi connectivity index (χ3v) is 8.73. The minimum Gasteiger partial charge on any atom is -0.362 e. The molecule has 0 heterocycles. The Labute approximate surface area is 283 Å². The molecule has 0 bridgehead atoms. The Morgan fingerprint density at radius 2 is 1.17 bits per heavy atom. The summed E-state index contributed by atoms with van der Waals surface area (Å²) in [5.74, 6) is 0.262. The average molecular weight is 619 g/mol. The number of hydrogen-bond donors (Lipinski definition) is 2. The van der Waals surface area contributed by atoms with Crippen molar-refractivity contribution in [1.82, 2.24) is 0 Å². The minimum absolute atomic E-state index is 0.262. The van der Waals surface area contributed by atoms with Crippen LogP contribution in [0.25, 0.3) is 38.6 Å². The molecule has 0 aliphatic rings. The maximum Gasteiger partial charge on any atom is 0.0464 e. The van der Waals surface area contributed by atoms with Gasteiger partial charge in [0.25, 0.3) is 0 Å². The first-order chi connectivity index (χ1) is 23.7. The van der Waals surface area contributed by atoms with E-state index in [1.54, 1.807) is 0 Å². The molecule has 0 aliphatic heterocycles. The second-order valence-corrected chi connectivity index (χ2v) is 12.1. The molecule has 7 aromatic carbocycles. The molecule has 0 saturated heterocycles. The van der Waals surface area contributed by atoms with E-state index in [9.17, 15) is 0 Å². The minimum atomic E-state index is 0.262. The summed E-state index contributed by atoms with van der Waals surface area (Å²) < 4.78 is 0. The van der Waals surface area contributed by atoms with Gasteiger partial charge in [-0.3, -0.25) is 0 Å². The van der Waals surface area contributed by atoms with Crippen LogP contribution in [0, 0.1) is 0 Å². The van der Waals surface area contributed by atoms with Crippen LogP contribution in [0.15, 0.2) is 194 Å². The molecule has 2 nitrogen and oxygen atoms in total. The third kappa shape index (κ3) is 7.30. The van der Waals surface area contributed by atoms with Gasteiger partial charge in [-0.1, -0.05) is 153 Å². The summed E-state index contributed by atoms with van der Waals surface area (Å²) in [7, 11) is 0. The second kappa shape index (κ2) is 14.5. The topological polar surface area (TPSA) is 24.1 Å². The third-order valence-electron chi connectivity index (χ3n) is 8.73. The lowest BCUT2D eigenvalue weighted by molar-refractivity contribution is 0.970. The number of nitrogens with one attached hydrogen (secondary N) is 2. The van der Waals surface area contributed by atoms with Crippen LogP contribution in [0.5, 0.6) is 0 Å². The lowest BCUT2D eigenvalue weighted by atomic mass is 9.93. The van der Waals surface area contributed by atoms with Crippen LogP contribution in [-0.4, -0.2) is 0 Å². The normalized spacial score (nSPS) is 12.2. The fourth-order valence-electron chi connectivity index (χ4n) is 6.10. The average Bonchev–Trinajstić information content (AvgIpc) is 3.16. The molecule has 232 valence electrons. The van der Waals surface area contributed by atoms with Crippen molar-refractivity contribution in [2.45, 2.75) is 12.8 Å². The van der Waals surface area contributed by atoms with Crippen LogP contribution in [-0.2, 0) is 0 Å². The zero-order chi connectivity index (χ0) is 32.5. The Kier molecular flexibility index (Phi) is 9.25. The van der Waals surface area contributed by atoms with Crippen LogP contribution < -0.4 is 10.6 Å². The standard InChI is InChI=1S/C46H38N2/c1-34(35-13-5-2-6-14-35)31-42(29-30-47-43-19-9-4-10-20-43)38-23-21-37(22-24-38)41-26-28-46(45(33-41)39-16-7-3-8-17-39)48-44-27-25-36-15-11-12-18-40(36)32-44/h2-34,47-48H,1H3/b30-29-,42-31+. The highest BCUT2D eigenvalue weighted by Crippen LogP contribution is 2.36. The summed E-state index contributed by atoms with van der Waals surface area (Å²) in [6, 6.07) is 62.2. The van der Waals surface area contributed by atoms with Gasteiger partial charge in [0.15, 0.2) is 0 Å². The molecule has 1 unspecified atom stereocenters. The van der Waals surface area contributed by atoms with Gasteiger partial charge in [-0.25, -0.2) is 0 Å². The maximum atomic E-state index is 3.71. The van der Waals surface area contributed by atoms with Crippen molar-refractivity contribution in [2.75, 3.05) is 10.6 Å². The molecule has 0 radical (unpaired) electrons. The zero-order valence-electron chi connectivity index (χ0n) is 27.1. The molecule has 7 aromatic rings. The highest BCUT2D eigenvalue weighted by molar-refractivity contribution is 5.90. The van der Waals surface area contributed by atoms with E-state index in [-0.39, 0.29) is 5.92 Å². The van der Waals surface area contributed by atoms with Gasteiger partial charge in [0.2, 0.25) is 0 Å². The molecule has 0 saturated carbocycles. The monoisotopic (exact) mass is 618 g/mol. The largest absolute Gasteiger partial charge is 0.362 e. The molecular weight excluding hydrogens is 581 g/mol. The van der Waals surface area contributed by atoms with Crippen LogP contribution in [0.4, 0.5) is 17.1 Å². The number of para-hydroxylation sites is 1. The first kappa shape index (κ1) is 30.5. The molecule has 0 aliphatic carbocycles. The fourth-order valence-corrected chi connectivity index (χ4v) is 6.10. The Bertz CT molecular complexity index is 2160. The van der Waals surface area contributed by atoms with Crippen molar-refractivity contribution >= 4 is 33.4 Å². The van der Waals surface area contributed by atoms with E-state index in [1.807, 2.05) is 24.4 Å². The van der Waals surface area contributed by atoms with Crippen LogP contribution in [0.2, 0.25) is 0 Å². The summed E-state index contributed by atoms with van der Waals surface area (Å²) in [6.07, 6.45) is 6.54. The Morgan fingerprint density at radius 3 is 1.92 bits per heavy atom. The quantitative estimate of drug-likeness (QED) is 0.149. The number of rotatable bonds is 10. The van der Waals surface area contributed by atoms with E-state index in [0.717, 1.165) is 22.6 Å². The highest BCUT2D eigenvalue weighted by atomic mass is 14.9. The summed E-state index contributed by atoms with van der Waals surface area (Å²) >= 11 is 0. The van der Waals surface area contributed by atoms with Gasteiger partial charge >= 0.3 is 0 Å². The smallest absolute Gasteiger partial charge is 0.0464 e. The summed E-state index contributed by atoms with van der Waals surface area (Å²) in [5, 5.41) is 9.59. The predicted octanol–water partition coefficient (Wildman–Crippen LogP) is 12.7. The van der Waals surface area contributed by atoms with Crippen molar-refractivity contribution in [2.24, 2.45) is 0 Å². The van der Waals surface area contributed by atoms with Gasteiger partial charge in [0, 0.05) is 28.8 Å². The van der Waals surface area contributed by atoms with Gasteiger partial charge in [-0.15, -0.1) is 0 Å². The van der Waals surface area contributed by atoms with Gasteiger partial charge in [0.05, 0.1) is 0 Å². The lowest BCUT2D eigenvalue weighted by Gasteiger charge is -2.16. The number of anilines is 3. The second-order valence-electron chi connectivity index (χ2n) is 12.1. The molecule has 0 aromatic heterocycles. The summed E-state index contributed by atoms with van der Waals surface area (Å²) in [6.45, 7) is 2.25. The van der Waals surface area contributed by atoms with Crippen molar-refractivity contribution in [3.63, 3.8) is 0 Å². The molecule has 0 amide bonds. The molecule has 1 atom stereocenters. The van der Waals surface area contributed by atoms with Crippen LogP contribution >= 0.6 is 0 Å². The van der Waals surface area contributed by atoms with E-state index in [2.05, 4.69) is 187 Å². The highest BCUT2D eigenvalue weighted by Gasteiger charge is 2.11. The van der Waals surface area contributed by atoms with Crippen LogP contribution in [0.3, 0.4) is 0 Å². The van der Waals surface area contributed by atoms with Crippen molar-refractivity contribution in [3.8, 4) is 22.3 Å². The SMILES string of the molecule is CC(/C=C(\C=C/Nc1ccccc1)c1ccc(-c2ccc(Nc3ccc4ccccc4c3)c(-c3ccccc3)c2)cc1)c1ccccc1. The van der Waals surface area contributed by atoms with Gasteiger partial charge in [-0.2, -0.15) is 0 Å². The first-order valence-corrected chi connectivity index (χ1v) is 16.5. The molecule has 7 rings (SSSR count). The van der Waals surface area contributed by atoms with Crippen molar-refractivity contribution in [1.29, 1.82) is 0 Å². The van der Waals surface area contributed by atoms with E-state index >= 15 is 0 Å². The lowest BCUT2D eigenvalue weighted by Crippen LogP contribution is -1.95. The molecular formula is C46H38N2. The summed E-state index contributed by atoms with van der Waals surface area (Å²) in [4.78, 5) is 0. The molecule has 2 heteroatoms. The number of fused-ring (bicyclic) bond motifs is 1. The molecule has 48 heavy (non-hydrogen) atoms. The maximum absolute atomic E-state index is 3.71. The molecule has 0 fully saturated rings. The fraction of sp³-hybridized carbons (Fsp3) is 0.0435. The van der Waals surface area contributed by atoms with E-state index in [0.29, 0.717) is 0 Å². The van der Waals surface area contributed by atoms with Crippen molar-refractivity contribution in [3.05, 3.63) is 205 Å². The van der Waals surface area contributed by atoms with Gasteiger partial charge < -0.3 is 10.6 Å². The Balaban J connectivity index is 1.20. The molecule has 0 spiro atoms. The number of allylic oxidation sites excluding steroid dienone is 3. The van der Waals surface area contributed by atoms with E-state index < -0.39 is 0 Å². The van der Waals surface area contributed by atoms with E-state index in [4.69, 9.17) is 0 Å². The van der Waals surface area contributed by atoms with Gasteiger partial charge in [-0.05, 0) is 92.6 Å². The first-order valence-electron chi connectivity index (χ1n) is 16.5. The Hall–Kier alpha value is -6.12. The zero-order valence-corrected chi connectivity index (χ0v) is 27.1. The number of hydrogen-bond acceptors (Lipinski definition) is 2. The predicted molar refractivity (Wildman–Crippen MR) is 207 cm³/mol.